The second kappa shape index (κ2) is 10.8. The highest BCUT2D eigenvalue weighted by Crippen LogP contribution is 2.04. The Morgan fingerprint density at radius 3 is 2.00 bits per heavy atom. The number of ether oxygens (including phenoxy) is 1. The van der Waals surface area contributed by atoms with Gasteiger partial charge in [0.25, 0.3) is 0 Å². The van der Waals surface area contributed by atoms with Crippen LogP contribution in [-0.2, 0) is 4.74 Å². The lowest BCUT2D eigenvalue weighted by atomic mass is 10.2. The summed E-state index contributed by atoms with van der Waals surface area (Å²) in [6.07, 6.45) is 2.37. The first kappa shape index (κ1) is 17.9. The van der Waals surface area contributed by atoms with Crippen LogP contribution in [0, 0.1) is 0 Å². The lowest BCUT2D eigenvalue weighted by molar-refractivity contribution is 0.0741. The summed E-state index contributed by atoms with van der Waals surface area (Å²) in [5.41, 5.74) is 0. The molecule has 110 valence electrons. The van der Waals surface area contributed by atoms with E-state index in [1.54, 1.807) is 0 Å². The van der Waals surface area contributed by atoms with Gasteiger partial charge in [-0.2, -0.15) is 0 Å². The number of hydrogen-bond donors (Lipinski definition) is 0. The average Bonchev–Trinajstić information content (AvgIpc) is 2.27. The zero-order chi connectivity index (χ0) is 14.0. The van der Waals surface area contributed by atoms with E-state index >= 15 is 0 Å². The molecule has 0 aromatic heterocycles. The predicted octanol–water partition coefficient (Wildman–Crippen LogP) is 2.85. The van der Waals surface area contributed by atoms with Crippen LogP contribution in [-0.4, -0.2) is 61.8 Å². The molecule has 0 unspecified atom stereocenters. The first-order valence-electron chi connectivity index (χ1n) is 7.51. The molecule has 18 heavy (non-hydrogen) atoms. The quantitative estimate of drug-likeness (QED) is 0.530. The molecule has 0 saturated carbocycles. The maximum Gasteiger partial charge on any atom is 0.0593 e. The monoisotopic (exact) mass is 258 g/mol. The number of nitrogens with zero attached hydrogens (tertiary/aromatic N) is 2. The van der Waals surface area contributed by atoms with E-state index in [1.807, 2.05) is 0 Å². The third-order valence-corrected chi connectivity index (χ3v) is 3.25. The normalized spacial score (nSPS) is 12.3. The van der Waals surface area contributed by atoms with Crippen molar-refractivity contribution >= 4 is 0 Å². The standard InChI is InChI=1S/C15H34N2O/c1-7-9-16(6)10-8-12-18-13-11-17(14(2)3)15(4)5/h14-15H,7-13H2,1-6H3. The first-order chi connectivity index (χ1) is 8.49. The summed E-state index contributed by atoms with van der Waals surface area (Å²) in [4.78, 5) is 4.85. The molecule has 0 amide bonds. The summed E-state index contributed by atoms with van der Waals surface area (Å²) >= 11 is 0. The van der Waals surface area contributed by atoms with Gasteiger partial charge in [-0.05, 0) is 54.1 Å². The molecule has 0 fully saturated rings. The van der Waals surface area contributed by atoms with Crippen molar-refractivity contribution in [2.75, 3.05) is 39.9 Å². The number of rotatable bonds is 11. The van der Waals surface area contributed by atoms with Crippen LogP contribution in [0.25, 0.3) is 0 Å². The van der Waals surface area contributed by atoms with Crippen molar-refractivity contribution in [2.45, 2.75) is 59.5 Å². The van der Waals surface area contributed by atoms with Crippen LogP contribution < -0.4 is 0 Å². The molecule has 0 aromatic rings. The minimum absolute atomic E-state index is 0.601. The van der Waals surface area contributed by atoms with E-state index in [0.717, 1.165) is 32.7 Å². The Bertz CT molecular complexity index is 175. The van der Waals surface area contributed by atoms with Gasteiger partial charge in [0.05, 0.1) is 6.61 Å². The van der Waals surface area contributed by atoms with Gasteiger partial charge in [-0.1, -0.05) is 6.92 Å². The largest absolute Gasteiger partial charge is 0.380 e. The van der Waals surface area contributed by atoms with Gasteiger partial charge < -0.3 is 9.64 Å². The molecule has 3 heteroatoms. The van der Waals surface area contributed by atoms with Crippen LogP contribution in [0.15, 0.2) is 0 Å². The third kappa shape index (κ3) is 8.90. The fourth-order valence-electron chi connectivity index (χ4n) is 2.31. The highest BCUT2D eigenvalue weighted by molar-refractivity contribution is 4.66. The number of hydrogen-bond acceptors (Lipinski definition) is 3. The van der Waals surface area contributed by atoms with Gasteiger partial charge in [0.15, 0.2) is 0 Å². The molecular weight excluding hydrogens is 224 g/mol. The molecule has 0 radical (unpaired) electrons. The minimum Gasteiger partial charge on any atom is -0.380 e. The van der Waals surface area contributed by atoms with Crippen molar-refractivity contribution in [3.8, 4) is 0 Å². The molecule has 0 N–H and O–H groups in total. The van der Waals surface area contributed by atoms with Gasteiger partial charge in [-0.15, -0.1) is 0 Å². The third-order valence-electron chi connectivity index (χ3n) is 3.25. The molecule has 0 bridgehead atoms. The van der Waals surface area contributed by atoms with Crippen molar-refractivity contribution in [2.24, 2.45) is 0 Å². The molecule has 3 nitrogen and oxygen atoms in total. The van der Waals surface area contributed by atoms with Crippen molar-refractivity contribution in [1.29, 1.82) is 0 Å². The Kier molecular flexibility index (Phi) is 10.7. The van der Waals surface area contributed by atoms with E-state index in [-0.39, 0.29) is 0 Å². The second-order valence-electron chi connectivity index (χ2n) is 5.69. The van der Waals surface area contributed by atoms with E-state index in [4.69, 9.17) is 4.74 Å². The SMILES string of the molecule is CCCN(C)CCCOCCN(C(C)C)C(C)C. The fraction of sp³-hybridized carbons (Fsp3) is 1.00. The van der Waals surface area contributed by atoms with E-state index in [2.05, 4.69) is 51.5 Å². The lowest BCUT2D eigenvalue weighted by Crippen LogP contribution is -2.39. The molecule has 0 saturated heterocycles. The van der Waals surface area contributed by atoms with Crippen LogP contribution >= 0.6 is 0 Å². The van der Waals surface area contributed by atoms with Gasteiger partial charge >= 0.3 is 0 Å². The second-order valence-corrected chi connectivity index (χ2v) is 5.69. The molecule has 0 aliphatic rings. The summed E-state index contributed by atoms with van der Waals surface area (Å²) in [6, 6.07) is 1.20. The maximum atomic E-state index is 5.72. The Balaban J connectivity index is 3.49. The highest BCUT2D eigenvalue weighted by Gasteiger charge is 2.12. The highest BCUT2D eigenvalue weighted by atomic mass is 16.5. The smallest absolute Gasteiger partial charge is 0.0593 e. The zero-order valence-electron chi connectivity index (χ0n) is 13.4. The summed E-state index contributed by atoms with van der Waals surface area (Å²) in [6.45, 7) is 16.3. The van der Waals surface area contributed by atoms with Gasteiger partial charge in [-0.3, -0.25) is 4.90 Å². The van der Waals surface area contributed by atoms with Crippen LogP contribution in [0.3, 0.4) is 0 Å². The van der Waals surface area contributed by atoms with Gasteiger partial charge in [0.1, 0.15) is 0 Å². The zero-order valence-corrected chi connectivity index (χ0v) is 13.4. The minimum atomic E-state index is 0.601. The van der Waals surface area contributed by atoms with Gasteiger partial charge in [-0.25, -0.2) is 0 Å². The Hall–Kier alpha value is -0.120. The Labute approximate surface area is 114 Å². The van der Waals surface area contributed by atoms with E-state index in [1.165, 1.54) is 13.0 Å². The molecule has 0 spiro atoms. The summed E-state index contributed by atoms with van der Waals surface area (Å²) in [7, 11) is 2.18. The first-order valence-corrected chi connectivity index (χ1v) is 7.51. The van der Waals surface area contributed by atoms with Crippen LogP contribution in [0.1, 0.15) is 47.5 Å². The van der Waals surface area contributed by atoms with Gasteiger partial charge in [0, 0.05) is 31.8 Å². The Morgan fingerprint density at radius 1 is 0.889 bits per heavy atom. The van der Waals surface area contributed by atoms with Crippen LogP contribution in [0.4, 0.5) is 0 Å². The summed E-state index contributed by atoms with van der Waals surface area (Å²) in [5, 5.41) is 0. The molecular formula is C15H34N2O. The van der Waals surface area contributed by atoms with E-state index in [9.17, 15) is 0 Å². The molecule has 0 aromatic carbocycles. The summed E-state index contributed by atoms with van der Waals surface area (Å²) < 4.78 is 5.72. The fourth-order valence-corrected chi connectivity index (χ4v) is 2.31. The van der Waals surface area contributed by atoms with Crippen molar-refractivity contribution in [1.82, 2.24) is 9.80 Å². The van der Waals surface area contributed by atoms with E-state index < -0.39 is 0 Å². The van der Waals surface area contributed by atoms with Crippen LogP contribution in [0.5, 0.6) is 0 Å². The van der Waals surface area contributed by atoms with Gasteiger partial charge in [0.2, 0.25) is 0 Å². The lowest BCUT2D eigenvalue weighted by Gasteiger charge is -2.30. The average molecular weight is 258 g/mol. The van der Waals surface area contributed by atoms with Crippen molar-refractivity contribution in [3.05, 3.63) is 0 Å². The molecule has 0 heterocycles. The van der Waals surface area contributed by atoms with E-state index in [0.29, 0.717) is 12.1 Å². The van der Waals surface area contributed by atoms with Crippen molar-refractivity contribution in [3.63, 3.8) is 0 Å². The predicted molar refractivity (Wildman–Crippen MR) is 80.2 cm³/mol. The molecule has 0 rings (SSSR count). The van der Waals surface area contributed by atoms with Crippen LogP contribution in [0.2, 0.25) is 0 Å². The maximum absolute atomic E-state index is 5.72. The van der Waals surface area contributed by atoms with Crippen molar-refractivity contribution < 1.29 is 4.74 Å². The molecule has 0 aliphatic carbocycles. The molecule has 0 atom stereocenters. The summed E-state index contributed by atoms with van der Waals surface area (Å²) in [5.74, 6) is 0. The topological polar surface area (TPSA) is 15.7 Å². The Morgan fingerprint density at radius 2 is 1.50 bits per heavy atom. The molecule has 0 aliphatic heterocycles.